The van der Waals surface area contributed by atoms with Gasteiger partial charge in [-0.05, 0) is 12.1 Å². The minimum atomic E-state index is 0. The number of para-hydroxylation sites is 1. The summed E-state index contributed by atoms with van der Waals surface area (Å²) in [6.07, 6.45) is 0. The molecule has 0 atom stereocenters. The van der Waals surface area contributed by atoms with Gasteiger partial charge in [0.05, 0.1) is 0 Å². The zero-order valence-electron chi connectivity index (χ0n) is 6.99. The first-order chi connectivity index (χ1) is 3.39. The smallest absolute Gasteiger partial charge is 1.00 e. The van der Waals surface area contributed by atoms with Crippen LogP contribution in [0.3, 0.4) is 0 Å². The first kappa shape index (κ1) is 13.0. The van der Waals surface area contributed by atoms with Gasteiger partial charge in [-0.3, -0.25) is 0 Å². The van der Waals surface area contributed by atoms with Crippen LogP contribution in [0.1, 0.15) is 2.85 Å². The maximum Gasteiger partial charge on any atom is 2.00 e. The average Bonchev–Trinajstić information content (AvgIpc) is 1.69. The summed E-state index contributed by atoms with van der Waals surface area (Å²) in [5.74, 6) is 0.322. The molecule has 1 rings (SSSR count). The van der Waals surface area contributed by atoms with Crippen LogP contribution in [-0.4, -0.2) is 78.4 Å². The van der Waals surface area contributed by atoms with Crippen molar-refractivity contribution in [1.29, 1.82) is 0 Å². The zero-order valence-corrected chi connectivity index (χ0v) is 12.0. The Labute approximate surface area is 115 Å². The van der Waals surface area contributed by atoms with Gasteiger partial charge in [0.25, 0.3) is 0 Å². The number of rotatable bonds is 0. The second kappa shape index (κ2) is 7.52. The Morgan fingerprint density at radius 2 is 1.56 bits per heavy atom. The van der Waals surface area contributed by atoms with Crippen LogP contribution in [-0.2, 0) is 0 Å². The predicted octanol–water partition coefficient (Wildman–Crippen LogP) is 0.856. The maximum absolute atomic E-state index is 8.63. The molecule has 45 valence electrons. The second-order valence-electron chi connectivity index (χ2n) is 1.34. The molecule has 0 aliphatic carbocycles. The van der Waals surface area contributed by atoms with Crippen molar-refractivity contribution in [2.24, 2.45) is 0 Å². The molecular weight excluding hydrogens is 347 g/mol. The molecule has 9 heavy (non-hydrogen) atoms. The molecule has 0 heterocycles. The van der Waals surface area contributed by atoms with Gasteiger partial charge in [0.1, 0.15) is 5.75 Å². The SMILES string of the molecule is Oc1ccccc1.[Ba+2].[H-].[H-].[Sb]. The summed E-state index contributed by atoms with van der Waals surface area (Å²) in [7, 11) is 0. The molecule has 1 nitrogen and oxygen atoms in total. The molecule has 0 spiro atoms. The number of benzene rings is 1. The van der Waals surface area contributed by atoms with Gasteiger partial charge in [-0.1, -0.05) is 18.2 Å². The van der Waals surface area contributed by atoms with Crippen LogP contribution in [0, 0.1) is 0 Å². The van der Waals surface area contributed by atoms with E-state index in [1.54, 1.807) is 24.3 Å². The van der Waals surface area contributed by atoms with Crippen molar-refractivity contribution in [1.82, 2.24) is 0 Å². The number of hydrogen-bond donors (Lipinski definition) is 1. The average molecular weight is 355 g/mol. The molecule has 1 aromatic carbocycles. The molecule has 0 fully saturated rings. The van der Waals surface area contributed by atoms with Crippen molar-refractivity contribution in [3.8, 4) is 5.75 Å². The Bertz CT molecular complexity index is 151. The topological polar surface area (TPSA) is 20.2 Å². The molecule has 0 aliphatic heterocycles. The first-order valence-corrected chi connectivity index (χ1v) is 2.13. The monoisotopic (exact) mass is 355 g/mol. The van der Waals surface area contributed by atoms with Gasteiger partial charge in [-0.15, -0.1) is 0 Å². The summed E-state index contributed by atoms with van der Waals surface area (Å²) in [4.78, 5) is 0. The molecule has 0 aliphatic rings. The van der Waals surface area contributed by atoms with Gasteiger partial charge in [-0.25, -0.2) is 0 Å². The van der Waals surface area contributed by atoms with Gasteiger partial charge in [0.2, 0.25) is 0 Å². The Balaban J connectivity index is -0.0000000612. The number of phenolic OH excluding ortho intramolecular Hbond substituents is 1. The Hall–Kier alpha value is 1.41. The summed E-state index contributed by atoms with van der Waals surface area (Å²) in [5, 5.41) is 8.63. The Kier molecular flexibility index (Phi) is 10.9. The molecule has 1 aromatic rings. The van der Waals surface area contributed by atoms with Crippen LogP contribution in [0.5, 0.6) is 5.75 Å². The van der Waals surface area contributed by atoms with Gasteiger partial charge in [-0.2, -0.15) is 0 Å². The number of phenols is 1. The van der Waals surface area contributed by atoms with Crippen LogP contribution < -0.4 is 0 Å². The van der Waals surface area contributed by atoms with E-state index in [0.29, 0.717) is 5.75 Å². The molecule has 3 heteroatoms. The molecule has 0 saturated carbocycles. The molecule has 0 aromatic heterocycles. The van der Waals surface area contributed by atoms with Crippen molar-refractivity contribution in [2.45, 2.75) is 0 Å². The minimum Gasteiger partial charge on any atom is -1.00 e. The summed E-state index contributed by atoms with van der Waals surface area (Å²) in [6.45, 7) is 0. The zero-order chi connectivity index (χ0) is 5.11. The number of aromatic hydroxyl groups is 1. The normalized spacial score (nSPS) is 6.67. The number of hydrogen-bond acceptors (Lipinski definition) is 1. The standard InChI is InChI=1S/C6H6O.Ba.Sb.2H/c7-6-4-2-1-3-5-6;;;;/h1-5,7H;;;;/q;+2;;2*-1. The van der Waals surface area contributed by atoms with Crippen LogP contribution in [0.25, 0.3) is 0 Å². The van der Waals surface area contributed by atoms with Crippen LogP contribution in [0.15, 0.2) is 30.3 Å². The van der Waals surface area contributed by atoms with Crippen molar-refractivity contribution >= 4 is 73.3 Å². The molecule has 0 amide bonds. The van der Waals surface area contributed by atoms with Gasteiger partial charge >= 0.3 is 48.9 Å². The van der Waals surface area contributed by atoms with Gasteiger partial charge in [0.15, 0.2) is 0 Å². The van der Waals surface area contributed by atoms with E-state index >= 15 is 0 Å². The second-order valence-corrected chi connectivity index (χ2v) is 1.34. The van der Waals surface area contributed by atoms with Gasteiger partial charge < -0.3 is 7.96 Å². The van der Waals surface area contributed by atoms with Crippen molar-refractivity contribution in [2.75, 3.05) is 0 Å². The fourth-order valence-corrected chi connectivity index (χ4v) is 0.428. The van der Waals surface area contributed by atoms with E-state index in [0.717, 1.165) is 0 Å². The van der Waals surface area contributed by atoms with Crippen molar-refractivity contribution in [3.05, 3.63) is 30.3 Å². The molecule has 0 bridgehead atoms. The van der Waals surface area contributed by atoms with E-state index in [-0.39, 0.29) is 76.2 Å². The molecule has 0 unspecified atom stereocenters. The summed E-state index contributed by atoms with van der Waals surface area (Å²) in [6, 6.07) is 8.71. The third-order valence-electron chi connectivity index (χ3n) is 0.756. The quantitative estimate of drug-likeness (QED) is 0.685. The first-order valence-electron chi connectivity index (χ1n) is 2.13. The fourth-order valence-electron chi connectivity index (χ4n) is 0.428. The van der Waals surface area contributed by atoms with E-state index in [1.807, 2.05) is 6.07 Å². The van der Waals surface area contributed by atoms with Crippen molar-refractivity contribution in [3.63, 3.8) is 0 Å². The largest absolute Gasteiger partial charge is 2.00 e. The maximum atomic E-state index is 8.63. The van der Waals surface area contributed by atoms with Gasteiger partial charge in [0, 0.05) is 24.4 Å². The van der Waals surface area contributed by atoms with Crippen molar-refractivity contribution < 1.29 is 7.96 Å². The van der Waals surface area contributed by atoms with E-state index in [1.165, 1.54) is 0 Å². The summed E-state index contributed by atoms with van der Waals surface area (Å²) in [5.41, 5.74) is 0. The van der Waals surface area contributed by atoms with E-state index in [9.17, 15) is 0 Å². The third-order valence-corrected chi connectivity index (χ3v) is 0.756. The van der Waals surface area contributed by atoms with E-state index < -0.39 is 0 Å². The van der Waals surface area contributed by atoms with E-state index in [2.05, 4.69) is 0 Å². The minimum absolute atomic E-state index is 0. The summed E-state index contributed by atoms with van der Waals surface area (Å²) >= 11 is 0. The van der Waals surface area contributed by atoms with Crippen LogP contribution >= 0.6 is 0 Å². The summed E-state index contributed by atoms with van der Waals surface area (Å²) < 4.78 is 0. The predicted molar refractivity (Wildman–Crippen MR) is 41.8 cm³/mol. The third kappa shape index (κ3) is 5.83. The van der Waals surface area contributed by atoms with Crippen LogP contribution in [0.4, 0.5) is 0 Å². The molecular formula is C6H8BaOSb. The van der Waals surface area contributed by atoms with E-state index in [4.69, 9.17) is 5.11 Å². The molecule has 1 N–H and O–H groups in total. The Morgan fingerprint density at radius 1 is 1.11 bits per heavy atom. The molecule has 3 radical (unpaired) electrons. The molecule has 0 saturated heterocycles. The fraction of sp³-hybridized carbons (Fsp3) is 0. The Morgan fingerprint density at radius 3 is 1.78 bits per heavy atom. The van der Waals surface area contributed by atoms with Crippen LogP contribution in [0.2, 0.25) is 0 Å².